The van der Waals surface area contributed by atoms with Gasteiger partial charge in [0.05, 0.1) is 21.1 Å². The Morgan fingerprint density at radius 3 is 2.38 bits per heavy atom. The van der Waals surface area contributed by atoms with Crippen molar-refractivity contribution >= 4 is 29.7 Å². The summed E-state index contributed by atoms with van der Waals surface area (Å²) in [6.45, 7) is 0. The van der Waals surface area contributed by atoms with Gasteiger partial charge < -0.3 is 4.74 Å². The van der Waals surface area contributed by atoms with Crippen molar-refractivity contribution in [3.63, 3.8) is 0 Å². The fourth-order valence-electron chi connectivity index (χ4n) is 1.87. The van der Waals surface area contributed by atoms with Crippen molar-refractivity contribution in [3.8, 4) is 5.75 Å². The van der Waals surface area contributed by atoms with Gasteiger partial charge in [-0.3, -0.25) is 19.7 Å². The molecule has 0 saturated carbocycles. The van der Waals surface area contributed by atoms with E-state index in [2.05, 4.69) is 0 Å². The van der Waals surface area contributed by atoms with Crippen molar-refractivity contribution in [3.05, 3.63) is 63.7 Å². The van der Waals surface area contributed by atoms with Crippen molar-refractivity contribution in [2.24, 2.45) is 0 Å². The summed E-state index contributed by atoms with van der Waals surface area (Å²) in [5.74, 6) is -0.923. The zero-order chi connectivity index (χ0) is 19.3. The SMILES string of the molecule is O=Cc1ccc(OC(=O)CSc2ccc(C(F)(F)F)cc2[N+](=O)[O-])cc1. The molecule has 2 aromatic carbocycles. The molecule has 2 rings (SSSR count). The number of ether oxygens (including phenoxy) is 1. The van der Waals surface area contributed by atoms with E-state index in [0.717, 1.165) is 6.07 Å². The molecule has 0 fully saturated rings. The lowest BCUT2D eigenvalue weighted by Gasteiger charge is -2.08. The summed E-state index contributed by atoms with van der Waals surface area (Å²) in [4.78, 5) is 32.3. The molecular weight excluding hydrogens is 375 g/mol. The summed E-state index contributed by atoms with van der Waals surface area (Å²) >= 11 is 0.690. The minimum Gasteiger partial charge on any atom is -0.426 e. The summed E-state index contributed by atoms with van der Waals surface area (Å²) in [6.07, 6.45) is -4.09. The second kappa shape index (κ2) is 8.00. The van der Waals surface area contributed by atoms with Gasteiger partial charge >= 0.3 is 12.1 Å². The van der Waals surface area contributed by atoms with Gasteiger partial charge in [-0.2, -0.15) is 13.2 Å². The standard InChI is InChI=1S/C16H10F3NO5S/c17-16(18,19)11-3-6-14(13(7-11)20(23)24)26-9-15(22)25-12-4-1-10(8-21)2-5-12/h1-8H,9H2. The quantitative estimate of drug-likeness (QED) is 0.186. The maximum Gasteiger partial charge on any atom is 0.416 e. The Bertz CT molecular complexity index is 837. The van der Waals surface area contributed by atoms with Crippen LogP contribution in [0.25, 0.3) is 0 Å². The van der Waals surface area contributed by atoms with Gasteiger partial charge in [-0.15, -0.1) is 11.8 Å². The molecule has 0 unspecified atom stereocenters. The molecule has 6 nitrogen and oxygen atoms in total. The summed E-state index contributed by atoms with van der Waals surface area (Å²) in [6, 6.07) is 7.73. The molecule has 0 spiro atoms. The molecule has 0 amide bonds. The normalized spacial score (nSPS) is 11.0. The zero-order valence-corrected chi connectivity index (χ0v) is 13.7. The molecule has 0 aliphatic carbocycles. The summed E-state index contributed by atoms with van der Waals surface area (Å²) in [5.41, 5.74) is -1.50. The van der Waals surface area contributed by atoms with Crippen molar-refractivity contribution in [2.75, 3.05) is 5.75 Å². The van der Waals surface area contributed by atoms with Gasteiger partial charge in [0, 0.05) is 11.6 Å². The van der Waals surface area contributed by atoms with Crippen molar-refractivity contribution in [2.45, 2.75) is 11.1 Å². The molecule has 0 N–H and O–H groups in total. The number of benzene rings is 2. The minimum absolute atomic E-state index is 0.0868. The highest BCUT2D eigenvalue weighted by molar-refractivity contribution is 8.00. The molecule has 0 aromatic heterocycles. The van der Waals surface area contributed by atoms with Gasteiger partial charge in [0.1, 0.15) is 12.0 Å². The second-order valence-electron chi connectivity index (χ2n) is 4.89. The van der Waals surface area contributed by atoms with E-state index in [-0.39, 0.29) is 16.4 Å². The van der Waals surface area contributed by atoms with Gasteiger partial charge in [0.25, 0.3) is 5.69 Å². The first-order chi connectivity index (χ1) is 12.2. The highest BCUT2D eigenvalue weighted by atomic mass is 32.2. The van der Waals surface area contributed by atoms with Gasteiger partial charge in [-0.1, -0.05) is 0 Å². The third-order valence-electron chi connectivity index (χ3n) is 3.08. The Kier molecular flexibility index (Phi) is 5.98. The number of halogens is 3. The van der Waals surface area contributed by atoms with Crippen LogP contribution >= 0.6 is 11.8 Å². The Balaban J connectivity index is 2.06. The van der Waals surface area contributed by atoms with E-state index in [0.29, 0.717) is 35.7 Å². The lowest BCUT2D eigenvalue weighted by Crippen LogP contribution is -2.11. The summed E-state index contributed by atoms with van der Waals surface area (Å²) < 4.78 is 42.9. The molecule has 0 bridgehead atoms. The van der Waals surface area contributed by atoms with Gasteiger partial charge in [-0.25, -0.2) is 0 Å². The molecule has 0 atom stereocenters. The van der Waals surface area contributed by atoms with E-state index in [4.69, 9.17) is 4.74 Å². The minimum atomic E-state index is -4.71. The van der Waals surface area contributed by atoms with Crippen LogP contribution in [0.2, 0.25) is 0 Å². The monoisotopic (exact) mass is 385 g/mol. The second-order valence-corrected chi connectivity index (χ2v) is 5.90. The largest absolute Gasteiger partial charge is 0.426 e. The number of carbonyl (C=O) groups is 2. The molecule has 26 heavy (non-hydrogen) atoms. The third-order valence-corrected chi connectivity index (χ3v) is 4.11. The Hall–Kier alpha value is -2.88. The van der Waals surface area contributed by atoms with Crippen LogP contribution in [0.3, 0.4) is 0 Å². The maximum absolute atomic E-state index is 12.6. The van der Waals surface area contributed by atoms with E-state index in [1.807, 2.05) is 0 Å². The molecule has 0 radical (unpaired) electrons. The first-order valence-electron chi connectivity index (χ1n) is 6.95. The number of nitro benzene ring substituents is 1. The average molecular weight is 385 g/mol. The third kappa shape index (κ3) is 5.06. The Morgan fingerprint density at radius 2 is 1.85 bits per heavy atom. The maximum atomic E-state index is 12.6. The van der Waals surface area contributed by atoms with Crippen molar-refractivity contribution < 1.29 is 32.4 Å². The van der Waals surface area contributed by atoms with E-state index in [1.165, 1.54) is 24.3 Å². The van der Waals surface area contributed by atoms with Crippen LogP contribution in [0.5, 0.6) is 5.75 Å². The topological polar surface area (TPSA) is 86.5 Å². The zero-order valence-electron chi connectivity index (χ0n) is 12.9. The average Bonchev–Trinajstić information content (AvgIpc) is 2.59. The van der Waals surface area contributed by atoms with E-state index >= 15 is 0 Å². The Labute approximate surface area is 149 Å². The fourth-order valence-corrected chi connectivity index (χ4v) is 2.65. The number of esters is 1. The number of nitro groups is 1. The van der Waals surface area contributed by atoms with Crippen molar-refractivity contribution in [1.82, 2.24) is 0 Å². The summed E-state index contributed by atoms with van der Waals surface area (Å²) in [7, 11) is 0. The van der Waals surface area contributed by atoms with Crippen LogP contribution in [0.4, 0.5) is 18.9 Å². The van der Waals surface area contributed by atoms with Gasteiger partial charge in [0.2, 0.25) is 0 Å². The number of rotatable bonds is 6. The number of carbonyl (C=O) groups excluding carboxylic acids is 2. The molecule has 2 aromatic rings. The molecule has 0 aliphatic rings. The first kappa shape index (κ1) is 19.4. The first-order valence-corrected chi connectivity index (χ1v) is 7.93. The Morgan fingerprint density at radius 1 is 1.19 bits per heavy atom. The van der Waals surface area contributed by atoms with Gasteiger partial charge in [0.15, 0.2) is 0 Å². The number of thioether (sulfide) groups is 1. The smallest absolute Gasteiger partial charge is 0.416 e. The van der Waals surface area contributed by atoms with Crippen molar-refractivity contribution in [1.29, 1.82) is 0 Å². The van der Waals surface area contributed by atoms with E-state index in [1.54, 1.807) is 0 Å². The number of hydrogen-bond acceptors (Lipinski definition) is 6. The number of nitrogens with zero attached hydrogens (tertiary/aromatic N) is 1. The summed E-state index contributed by atoms with van der Waals surface area (Å²) in [5, 5.41) is 11.0. The van der Waals surface area contributed by atoms with E-state index in [9.17, 15) is 32.9 Å². The van der Waals surface area contributed by atoms with Gasteiger partial charge in [-0.05, 0) is 36.4 Å². The fraction of sp³-hybridized carbons (Fsp3) is 0.125. The van der Waals surface area contributed by atoms with E-state index < -0.39 is 28.3 Å². The van der Waals surface area contributed by atoms with Crippen LogP contribution in [0.15, 0.2) is 47.4 Å². The molecular formula is C16H10F3NO5S. The van der Waals surface area contributed by atoms with Crippen LogP contribution < -0.4 is 4.74 Å². The number of aldehydes is 1. The lowest BCUT2D eigenvalue weighted by molar-refractivity contribution is -0.388. The predicted molar refractivity (Wildman–Crippen MR) is 86.3 cm³/mol. The molecule has 136 valence electrons. The molecule has 10 heteroatoms. The molecule has 0 aliphatic heterocycles. The van der Waals surface area contributed by atoms with Crippen LogP contribution in [0.1, 0.15) is 15.9 Å². The van der Waals surface area contributed by atoms with Crippen LogP contribution in [0, 0.1) is 10.1 Å². The highest BCUT2D eigenvalue weighted by Crippen LogP contribution is 2.36. The number of alkyl halides is 3. The lowest BCUT2D eigenvalue weighted by atomic mass is 10.2. The van der Waals surface area contributed by atoms with Crippen LogP contribution in [-0.4, -0.2) is 22.9 Å². The highest BCUT2D eigenvalue weighted by Gasteiger charge is 2.33. The molecule has 0 saturated heterocycles. The predicted octanol–water partition coefficient (Wildman–Crippen LogP) is 4.12. The number of hydrogen-bond donors (Lipinski definition) is 0. The van der Waals surface area contributed by atoms with Crippen LogP contribution in [-0.2, 0) is 11.0 Å². The molecule has 0 heterocycles.